The molecule has 0 saturated heterocycles. The van der Waals surface area contributed by atoms with Gasteiger partial charge in [-0.15, -0.1) is 11.8 Å². The first-order valence-electron chi connectivity index (χ1n) is 8.39. The number of carbonyl (C=O) groups excluding carboxylic acids is 3. The average Bonchev–Trinajstić information content (AvgIpc) is 2.69. The van der Waals surface area contributed by atoms with Crippen LogP contribution in [0.4, 0.5) is 5.69 Å². The van der Waals surface area contributed by atoms with E-state index in [1.54, 1.807) is 37.4 Å². The van der Waals surface area contributed by atoms with Gasteiger partial charge in [-0.05, 0) is 43.3 Å². The molecule has 0 aliphatic carbocycles. The van der Waals surface area contributed by atoms with Crippen LogP contribution in [0.3, 0.4) is 0 Å². The molecule has 2 aromatic rings. The average molecular weight is 385 g/mol. The third kappa shape index (κ3) is 4.31. The van der Waals surface area contributed by atoms with E-state index in [-0.39, 0.29) is 24.0 Å². The highest BCUT2D eigenvalue weighted by atomic mass is 32.2. The van der Waals surface area contributed by atoms with Gasteiger partial charge in [0.2, 0.25) is 11.7 Å². The Balaban J connectivity index is 1.65. The molecule has 0 N–H and O–H groups in total. The molecule has 6 nitrogen and oxygen atoms in total. The van der Waals surface area contributed by atoms with Crippen molar-refractivity contribution in [3.63, 3.8) is 0 Å². The Kier molecular flexibility index (Phi) is 5.81. The van der Waals surface area contributed by atoms with Crippen molar-refractivity contribution in [3.05, 3.63) is 54.1 Å². The van der Waals surface area contributed by atoms with Crippen molar-refractivity contribution in [1.29, 1.82) is 0 Å². The van der Waals surface area contributed by atoms with Gasteiger partial charge in [-0.1, -0.05) is 12.1 Å². The molecule has 0 spiro atoms. The fourth-order valence-corrected chi connectivity index (χ4v) is 3.67. The third-order valence-corrected chi connectivity index (χ3v) is 5.19. The Bertz CT molecular complexity index is 865. The number of rotatable bonds is 6. The molecule has 0 radical (unpaired) electrons. The smallest absolute Gasteiger partial charge is 0.326 e. The zero-order chi connectivity index (χ0) is 19.4. The first-order valence-corrected chi connectivity index (χ1v) is 9.38. The Morgan fingerprint density at radius 1 is 1.15 bits per heavy atom. The summed E-state index contributed by atoms with van der Waals surface area (Å²) >= 11 is 1.44. The van der Waals surface area contributed by atoms with E-state index in [9.17, 15) is 14.4 Å². The molecule has 0 aromatic heterocycles. The molecule has 140 valence electrons. The SMILES string of the molecule is COc1ccc(C(=O)[C@@H](C)OC(=O)CN2C(=O)CSc3ccccc32)cc1. The van der Waals surface area contributed by atoms with Crippen LogP contribution in [0.1, 0.15) is 17.3 Å². The second-order valence-electron chi connectivity index (χ2n) is 5.96. The molecule has 27 heavy (non-hydrogen) atoms. The number of thioether (sulfide) groups is 1. The van der Waals surface area contributed by atoms with Crippen molar-refractivity contribution in [3.8, 4) is 5.75 Å². The first kappa shape index (κ1) is 19.0. The van der Waals surface area contributed by atoms with Gasteiger partial charge in [-0.25, -0.2) is 0 Å². The van der Waals surface area contributed by atoms with Crippen molar-refractivity contribution < 1.29 is 23.9 Å². The number of amides is 1. The van der Waals surface area contributed by atoms with Crippen molar-refractivity contribution in [2.24, 2.45) is 0 Å². The van der Waals surface area contributed by atoms with Gasteiger partial charge >= 0.3 is 5.97 Å². The predicted octanol–water partition coefficient (Wildman–Crippen LogP) is 2.95. The third-order valence-electron chi connectivity index (χ3n) is 4.15. The number of fused-ring (bicyclic) bond motifs is 1. The maximum atomic E-state index is 12.4. The fourth-order valence-electron chi connectivity index (χ4n) is 2.73. The fraction of sp³-hybridized carbons (Fsp3) is 0.250. The van der Waals surface area contributed by atoms with Crippen molar-refractivity contribution in [2.45, 2.75) is 17.9 Å². The molecule has 0 unspecified atom stereocenters. The van der Waals surface area contributed by atoms with Crippen LogP contribution in [0.5, 0.6) is 5.75 Å². The van der Waals surface area contributed by atoms with E-state index in [0.29, 0.717) is 17.0 Å². The lowest BCUT2D eigenvalue weighted by molar-refractivity contribution is -0.145. The maximum absolute atomic E-state index is 12.4. The number of nitrogens with zero attached hydrogens (tertiary/aromatic N) is 1. The largest absolute Gasteiger partial charge is 0.497 e. The summed E-state index contributed by atoms with van der Waals surface area (Å²) in [6.07, 6.45) is -0.949. The van der Waals surface area contributed by atoms with Crippen LogP contribution in [-0.4, -0.2) is 43.2 Å². The number of Topliss-reactive ketones (excluding diaryl/α,β-unsaturated/α-hetero) is 1. The number of para-hydroxylation sites is 1. The van der Waals surface area contributed by atoms with E-state index in [4.69, 9.17) is 9.47 Å². The molecule has 3 rings (SSSR count). The van der Waals surface area contributed by atoms with Crippen LogP contribution < -0.4 is 9.64 Å². The van der Waals surface area contributed by atoms with E-state index in [1.165, 1.54) is 23.6 Å². The van der Waals surface area contributed by atoms with Gasteiger partial charge in [-0.3, -0.25) is 19.3 Å². The zero-order valence-corrected chi connectivity index (χ0v) is 15.8. The quantitative estimate of drug-likeness (QED) is 0.562. The van der Waals surface area contributed by atoms with Gasteiger partial charge in [0.05, 0.1) is 18.6 Å². The number of carbonyl (C=O) groups is 3. The molecule has 7 heteroatoms. The predicted molar refractivity (Wildman–Crippen MR) is 102 cm³/mol. The monoisotopic (exact) mass is 385 g/mol. The molecular formula is C20H19NO5S. The molecular weight excluding hydrogens is 366 g/mol. The van der Waals surface area contributed by atoms with Gasteiger partial charge in [0.15, 0.2) is 6.10 Å². The van der Waals surface area contributed by atoms with Crippen LogP contribution in [0.2, 0.25) is 0 Å². The standard InChI is InChI=1S/C20H19NO5S/c1-13(20(24)14-7-9-15(25-2)10-8-14)26-19(23)11-21-16-5-3-4-6-17(16)27-12-18(21)22/h3-10,13H,11-12H2,1-2H3/t13-/m1/s1. The minimum absolute atomic E-state index is 0.162. The second-order valence-corrected chi connectivity index (χ2v) is 6.98. The number of esters is 1. The highest BCUT2D eigenvalue weighted by Crippen LogP contribution is 2.34. The molecule has 1 amide bonds. The van der Waals surface area contributed by atoms with Gasteiger partial charge in [-0.2, -0.15) is 0 Å². The van der Waals surface area contributed by atoms with Crippen LogP contribution in [0.25, 0.3) is 0 Å². The van der Waals surface area contributed by atoms with Gasteiger partial charge in [0, 0.05) is 10.5 Å². The van der Waals surface area contributed by atoms with Crippen LogP contribution >= 0.6 is 11.8 Å². The van der Waals surface area contributed by atoms with Crippen LogP contribution in [-0.2, 0) is 14.3 Å². The highest BCUT2D eigenvalue weighted by molar-refractivity contribution is 8.00. The van der Waals surface area contributed by atoms with E-state index >= 15 is 0 Å². The lowest BCUT2D eigenvalue weighted by Gasteiger charge is -2.28. The molecule has 2 aromatic carbocycles. The van der Waals surface area contributed by atoms with E-state index in [0.717, 1.165) is 4.90 Å². The highest BCUT2D eigenvalue weighted by Gasteiger charge is 2.28. The minimum Gasteiger partial charge on any atom is -0.497 e. The van der Waals surface area contributed by atoms with Crippen LogP contribution in [0.15, 0.2) is 53.4 Å². The number of methoxy groups -OCH3 is 1. The number of anilines is 1. The summed E-state index contributed by atoms with van der Waals surface area (Å²) in [6.45, 7) is 1.29. The van der Waals surface area contributed by atoms with E-state index in [2.05, 4.69) is 0 Å². The Morgan fingerprint density at radius 3 is 2.56 bits per heavy atom. The van der Waals surface area contributed by atoms with Crippen molar-refractivity contribution in [1.82, 2.24) is 0 Å². The number of ketones is 1. The van der Waals surface area contributed by atoms with Crippen LogP contribution in [0, 0.1) is 0 Å². The summed E-state index contributed by atoms with van der Waals surface area (Å²) in [6, 6.07) is 14.0. The Labute approximate surface area is 161 Å². The molecule has 0 saturated carbocycles. The zero-order valence-electron chi connectivity index (χ0n) is 15.0. The second kappa shape index (κ2) is 8.26. The number of hydrogen-bond donors (Lipinski definition) is 0. The van der Waals surface area contributed by atoms with Gasteiger partial charge in [0.25, 0.3) is 0 Å². The molecule has 1 aliphatic heterocycles. The Hall–Kier alpha value is -2.80. The number of hydrogen-bond acceptors (Lipinski definition) is 6. The normalized spacial score (nSPS) is 14.3. The number of ether oxygens (including phenoxy) is 2. The lowest BCUT2D eigenvalue weighted by Crippen LogP contribution is -2.41. The van der Waals surface area contributed by atoms with E-state index < -0.39 is 12.1 Å². The lowest BCUT2D eigenvalue weighted by atomic mass is 10.1. The minimum atomic E-state index is -0.949. The molecule has 0 bridgehead atoms. The molecule has 1 heterocycles. The van der Waals surface area contributed by atoms with Gasteiger partial charge < -0.3 is 9.47 Å². The summed E-state index contributed by atoms with van der Waals surface area (Å²) in [4.78, 5) is 39.3. The van der Waals surface area contributed by atoms with E-state index in [1.807, 2.05) is 18.2 Å². The summed E-state index contributed by atoms with van der Waals surface area (Å²) in [5.74, 6) is -0.197. The maximum Gasteiger partial charge on any atom is 0.326 e. The summed E-state index contributed by atoms with van der Waals surface area (Å²) in [7, 11) is 1.54. The Morgan fingerprint density at radius 2 is 1.85 bits per heavy atom. The summed E-state index contributed by atoms with van der Waals surface area (Å²) in [5, 5.41) is 0. The topological polar surface area (TPSA) is 72.9 Å². The summed E-state index contributed by atoms with van der Waals surface area (Å²) in [5.41, 5.74) is 1.11. The van der Waals surface area contributed by atoms with Gasteiger partial charge in [0.1, 0.15) is 12.3 Å². The number of benzene rings is 2. The van der Waals surface area contributed by atoms with Crippen molar-refractivity contribution in [2.75, 3.05) is 24.3 Å². The first-order chi connectivity index (χ1) is 13.0. The molecule has 1 atom stereocenters. The molecule has 0 fully saturated rings. The molecule has 1 aliphatic rings. The summed E-state index contributed by atoms with van der Waals surface area (Å²) < 4.78 is 10.3. The van der Waals surface area contributed by atoms with Crippen molar-refractivity contribution >= 4 is 35.1 Å².